The van der Waals surface area contributed by atoms with Crippen molar-refractivity contribution in [2.75, 3.05) is 19.6 Å². The summed E-state index contributed by atoms with van der Waals surface area (Å²) in [6, 6.07) is 9.99. The quantitative estimate of drug-likeness (QED) is 0.757. The van der Waals surface area contributed by atoms with Gasteiger partial charge in [0.1, 0.15) is 0 Å². The van der Waals surface area contributed by atoms with E-state index in [9.17, 15) is 4.79 Å². The zero-order valence-corrected chi connectivity index (χ0v) is 15.5. The van der Waals surface area contributed by atoms with Gasteiger partial charge >= 0.3 is 5.76 Å². The van der Waals surface area contributed by atoms with E-state index in [0.29, 0.717) is 5.92 Å². The molecular formula is C21H30N2O2. The van der Waals surface area contributed by atoms with Crippen molar-refractivity contribution < 1.29 is 4.42 Å². The van der Waals surface area contributed by atoms with E-state index >= 15 is 0 Å². The molecule has 2 heterocycles. The Labute approximate surface area is 150 Å². The van der Waals surface area contributed by atoms with Crippen LogP contribution in [0.25, 0.3) is 11.3 Å². The molecule has 0 spiro atoms. The van der Waals surface area contributed by atoms with E-state index in [1.54, 1.807) is 0 Å². The van der Waals surface area contributed by atoms with Crippen LogP contribution >= 0.6 is 0 Å². The highest BCUT2D eigenvalue weighted by molar-refractivity contribution is 5.59. The van der Waals surface area contributed by atoms with Gasteiger partial charge in [-0.15, -0.1) is 0 Å². The molecule has 136 valence electrons. The molecule has 0 unspecified atom stereocenters. The topological polar surface area (TPSA) is 38.4 Å². The molecule has 0 aliphatic carbocycles. The molecule has 0 atom stereocenters. The Morgan fingerprint density at radius 1 is 1.04 bits per heavy atom. The SMILES string of the molecule is CC(C)Cc1c(-c2ccccc2)oc(=O)n1CCCN1CCCCC1. The minimum Gasteiger partial charge on any atom is -0.407 e. The van der Waals surface area contributed by atoms with Crippen molar-refractivity contribution in [1.29, 1.82) is 0 Å². The molecule has 1 aromatic carbocycles. The predicted molar refractivity (Wildman–Crippen MR) is 102 cm³/mol. The van der Waals surface area contributed by atoms with Gasteiger partial charge in [-0.25, -0.2) is 4.79 Å². The Balaban J connectivity index is 1.77. The zero-order valence-electron chi connectivity index (χ0n) is 15.5. The first-order valence-electron chi connectivity index (χ1n) is 9.65. The van der Waals surface area contributed by atoms with Crippen LogP contribution < -0.4 is 5.76 Å². The monoisotopic (exact) mass is 342 g/mol. The molecule has 0 amide bonds. The number of nitrogens with zero attached hydrogens (tertiary/aromatic N) is 2. The van der Waals surface area contributed by atoms with Gasteiger partial charge in [-0.2, -0.15) is 0 Å². The number of aromatic nitrogens is 1. The molecule has 1 aliphatic rings. The predicted octanol–water partition coefficient (Wildman–Crippen LogP) is 4.18. The first-order chi connectivity index (χ1) is 12.1. The Hall–Kier alpha value is -1.81. The number of hydrogen-bond donors (Lipinski definition) is 0. The lowest BCUT2D eigenvalue weighted by atomic mass is 10.0. The van der Waals surface area contributed by atoms with Crippen molar-refractivity contribution in [3.05, 3.63) is 46.6 Å². The molecule has 0 radical (unpaired) electrons. The third-order valence-electron chi connectivity index (χ3n) is 4.94. The van der Waals surface area contributed by atoms with Gasteiger partial charge in [0.25, 0.3) is 0 Å². The molecule has 0 saturated carbocycles. The minimum atomic E-state index is -0.215. The Kier molecular flexibility index (Phi) is 6.14. The van der Waals surface area contributed by atoms with Crippen molar-refractivity contribution >= 4 is 0 Å². The number of piperidine rings is 1. The van der Waals surface area contributed by atoms with Crippen LogP contribution in [-0.2, 0) is 13.0 Å². The summed E-state index contributed by atoms with van der Waals surface area (Å²) in [6.07, 6.45) is 5.83. The van der Waals surface area contributed by atoms with E-state index in [1.807, 2.05) is 34.9 Å². The molecule has 2 aromatic rings. The number of likely N-dealkylation sites (tertiary alicyclic amines) is 1. The number of benzene rings is 1. The molecule has 1 aromatic heterocycles. The van der Waals surface area contributed by atoms with Gasteiger partial charge in [-0.05, 0) is 51.2 Å². The van der Waals surface area contributed by atoms with E-state index in [4.69, 9.17) is 4.42 Å². The Morgan fingerprint density at radius 3 is 2.44 bits per heavy atom. The van der Waals surface area contributed by atoms with E-state index < -0.39 is 0 Å². The Morgan fingerprint density at radius 2 is 1.76 bits per heavy atom. The molecule has 1 saturated heterocycles. The largest absolute Gasteiger partial charge is 0.419 e. The second-order valence-electron chi connectivity index (χ2n) is 7.52. The maximum atomic E-state index is 12.5. The number of hydrogen-bond acceptors (Lipinski definition) is 3. The van der Waals surface area contributed by atoms with E-state index in [2.05, 4.69) is 18.7 Å². The van der Waals surface area contributed by atoms with Crippen LogP contribution in [0.5, 0.6) is 0 Å². The highest BCUT2D eigenvalue weighted by Gasteiger charge is 2.19. The molecule has 0 bridgehead atoms. The van der Waals surface area contributed by atoms with Crippen molar-refractivity contribution in [2.24, 2.45) is 5.92 Å². The smallest absolute Gasteiger partial charge is 0.407 e. The molecule has 25 heavy (non-hydrogen) atoms. The van der Waals surface area contributed by atoms with Gasteiger partial charge in [0.2, 0.25) is 0 Å². The minimum absolute atomic E-state index is 0.215. The molecular weight excluding hydrogens is 312 g/mol. The summed E-state index contributed by atoms with van der Waals surface area (Å²) in [4.78, 5) is 15.0. The third kappa shape index (κ3) is 4.63. The van der Waals surface area contributed by atoms with Gasteiger partial charge in [0.15, 0.2) is 5.76 Å². The van der Waals surface area contributed by atoms with Crippen LogP contribution in [0, 0.1) is 5.92 Å². The highest BCUT2D eigenvalue weighted by Crippen LogP contribution is 2.25. The van der Waals surface area contributed by atoms with Crippen LogP contribution in [0.4, 0.5) is 0 Å². The average molecular weight is 342 g/mol. The molecule has 1 aliphatic heterocycles. The fourth-order valence-corrected chi connectivity index (χ4v) is 3.70. The van der Waals surface area contributed by atoms with Crippen LogP contribution in [0.2, 0.25) is 0 Å². The molecule has 4 nitrogen and oxygen atoms in total. The maximum Gasteiger partial charge on any atom is 0.419 e. The fraction of sp³-hybridized carbons (Fsp3) is 0.571. The fourth-order valence-electron chi connectivity index (χ4n) is 3.70. The lowest BCUT2D eigenvalue weighted by Crippen LogP contribution is -2.31. The average Bonchev–Trinajstić information content (AvgIpc) is 2.92. The van der Waals surface area contributed by atoms with E-state index in [1.165, 1.54) is 32.4 Å². The van der Waals surface area contributed by atoms with Crippen molar-refractivity contribution in [2.45, 2.75) is 52.5 Å². The summed E-state index contributed by atoms with van der Waals surface area (Å²) in [6.45, 7) is 8.59. The first kappa shape index (κ1) is 18.0. The van der Waals surface area contributed by atoms with Gasteiger partial charge < -0.3 is 9.32 Å². The van der Waals surface area contributed by atoms with Crippen LogP contribution in [0.3, 0.4) is 0 Å². The van der Waals surface area contributed by atoms with Gasteiger partial charge in [-0.1, -0.05) is 50.6 Å². The molecule has 4 heteroatoms. The van der Waals surface area contributed by atoms with Crippen LogP contribution in [0.15, 0.2) is 39.5 Å². The summed E-state index contributed by atoms with van der Waals surface area (Å²) >= 11 is 0. The molecule has 3 rings (SSSR count). The number of oxazole rings is 1. The van der Waals surface area contributed by atoms with Gasteiger partial charge in [0, 0.05) is 12.1 Å². The highest BCUT2D eigenvalue weighted by atomic mass is 16.4. The lowest BCUT2D eigenvalue weighted by Gasteiger charge is -2.26. The normalized spacial score (nSPS) is 15.8. The van der Waals surface area contributed by atoms with E-state index in [-0.39, 0.29) is 5.76 Å². The Bertz CT molecular complexity index is 709. The summed E-state index contributed by atoms with van der Waals surface area (Å²) in [5, 5.41) is 0. The van der Waals surface area contributed by atoms with Gasteiger partial charge in [-0.3, -0.25) is 4.57 Å². The number of rotatable bonds is 7. The molecule has 0 N–H and O–H groups in total. The summed E-state index contributed by atoms with van der Waals surface area (Å²) in [5.41, 5.74) is 2.04. The molecule has 1 fully saturated rings. The van der Waals surface area contributed by atoms with Crippen LogP contribution in [0.1, 0.15) is 45.2 Å². The van der Waals surface area contributed by atoms with Crippen molar-refractivity contribution in [3.63, 3.8) is 0 Å². The zero-order chi connectivity index (χ0) is 17.6. The summed E-state index contributed by atoms with van der Waals surface area (Å²) in [7, 11) is 0. The van der Waals surface area contributed by atoms with E-state index in [0.717, 1.165) is 42.9 Å². The second-order valence-corrected chi connectivity index (χ2v) is 7.52. The van der Waals surface area contributed by atoms with Crippen molar-refractivity contribution in [1.82, 2.24) is 9.47 Å². The lowest BCUT2D eigenvalue weighted by molar-refractivity contribution is 0.222. The standard InChI is InChI=1S/C21H30N2O2/c1-17(2)16-19-20(18-10-5-3-6-11-18)25-21(24)23(19)15-9-14-22-12-7-4-8-13-22/h3,5-6,10-11,17H,4,7-9,12-16H2,1-2H3. The first-order valence-corrected chi connectivity index (χ1v) is 9.65. The second kappa shape index (κ2) is 8.52. The summed E-state index contributed by atoms with van der Waals surface area (Å²) in [5.74, 6) is 1.01. The van der Waals surface area contributed by atoms with Gasteiger partial charge in [0.05, 0.1) is 5.69 Å². The van der Waals surface area contributed by atoms with Crippen molar-refractivity contribution in [3.8, 4) is 11.3 Å². The third-order valence-corrected chi connectivity index (χ3v) is 4.94. The maximum absolute atomic E-state index is 12.5. The summed E-state index contributed by atoms with van der Waals surface area (Å²) < 4.78 is 7.54. The van der Waals surface area contributed by atoms with Crippen LogP contribution in [-0.4, -0.2) is 29.1 Å².